The molecule has 0 spiro atoms. The van der Waals surface area contributed by atoms with Gasteiger partial charge in [0.15, 0.2) is 0 Å². The highest BCUT2D eigenvalue weighted by molar-refractivity contribution is 7.17. The Hall–Kier alpha value is -1.43. The molecule has 0 aromatic carbocycles. The summed E-state index contributed by atoms with van der Waals surface area (Å²) < 4.78 is 0. The molecule has 19 heavy (non-hydrogen) atoms. The molecule has 104 valence electrons. The van der Waals surface area contributed by atoms with Crippen LogP contribution in [0, 0.1) is 16.0 Å². The first-order valence-corrected chi connectivity index (χ1v) is 7.51. The van der Waals surface area contributed by atoms with Gasteiger partial charge >= 0.3 is 5.00 Å². The number of hydrogen-bond donors (Lipinski definition) is 1. The lowest BCUT2D eigenvalue weighted by Gasteiger charge is -2.08. The molecular weight excluding hydrogens is 264 g/mol. The second kappa shape index (κ2) is 6.65. The van der Waals surface area contributed by atoms with Gasteiger partial charge < -0.3 is 5.32 Å². The van der Waals surface area contributed by atoms with Crippen LogP contribution in [0.1, 0.15) is 48.2 Å². The lowest BCUT2D eigenvalue weighted by atomic mass is 10.0. The minimum atomic E-state index is -0.471. The van der Waals surface area contributed by atoms with Crippen LogP contribution in [-0.4, -0.2) is 17.4 Å². The third-order valence-corrected chi connectivity index (χ3v) is 4.58. The molecule has 1 fully saturated rings. The Balaban J connectivity index is 1.69. The zero-order chi connectivity index (χ0) is 13.7. The summed E-state index contributed by atoms with van der Waals surface area (Å²) in [5.41, 5.74) is 0. The van der Waals surface area contributed by atoms with Crippen LogP contribution in [0.3, 0.4) is 0 Å². The third-order valence-electron chi connectivity index (χ3n) is 3.54. The van der Waals surface area contributed by atoms with E-state index < -0.39 is 4.92 Å². The van der Waals surface area contributed by atoms with Crippen molar-refractivity contribution in [1.82, 2.24) is 5.32 Å². The van der Waals surface area contributed by atoms with E-state index in [-0.39, 0.29) is 10.9 Å². The first-order chi connectivity index (χ1) is 9.16. The van der Waals surface area contributed by atoms with E-state index in [1.807, 2.05) is 0 Å². The van der Waals surface area contributed by atoms with Crippen molar-refractivity contribution in [2.24, 2.45) is 5.92 Å². The van der Waals surface area contributed by atoms with Crippen molar-refractivity contribution in [2.75, 3.05) is 6.54 Å². The van der Waals surface area contributed by atoms with Crippen molar-refractivity contribution < 1.29 is 9.72 Å². The first kappa shape index (κ1) is 14.0. The molecule has 2 rings (SSSR count). The molecule has 0 bridgehead atoms. The molecule has 6 heteroatoms. The van der Waals surface area contributed by atoms with E-state index in [0.717, 1.165) is 23.7 Å². The molecule has 1 saturated carbocycles. The summed E-state index contributed by atoms with van der Waals surface area (Å²) in [6.07, 6.45) is 7.50. The van der Waals surface area contributed by atoms with Crippen molar-refractivity contribution in [3.05, 3.63) is 27.1 Å². The zero-order valence-corrected chi connectivity index (χ0v) is 11.6. The number of amides is 1. The predicted octanol–water partition coefficient (Wildman–Crippen LogP) is 3.36. The van der Waals surface area contributed by atoms with Gasteiger partial charge in [-0.2, -0.15) is 0 Å². The topological polar surface area (TPSA) is 72.2 Å². The van der Waals surface area contributed by atoms with Crippen LogP contribution < -0.4 is 5.32 Å². The van der Waals surface area contributed by atoms with Gasteiger partial charge in [-0.25, -0.2) is 0 Å². The van der Waals surface area contributed by atoms with Gasteiger partial charge in [0.1, 0.15) is 0 Å². The zero-order valence-electron chi connectivity index (χ0n) is 10.8. The molecule has 1 aromatic heterocycles. The van der Waals surface area contributed by atoms with Crippen LogP contribution in [0.15, 0.2) is 12.1 Å². The molecule has 0 radical (unpaired) electrons. The van der Waals surface area contributed by atoms with Crippen molar-refractivity contribution in [3.8, 4) is 0 Å². The number of carbonyl (C=O) groups is 1. The highest BCUT2D eigenvalue weighted by Crippen LogP contribution is 2.28. The van der Waals surface area contributed by atoms with E-state index in [4.69, 9.17) is 0 Å². The molecule has 1 heterocycles. The maximum Gasteiger partial charge on any atom is 0.324 e. The van der Waals surface area contributed by atoms with E-state index in [2.05, 4.69) is 5.32 Å². The Morgan fingerprint density at radius 3 is 2.79 bits per heavy atom. The molecule has 1 aromatic rings. The van der Waals surface area contributed by atoms with Gasteiger partial charge in [-0.1, -0.05) is 37.0 Å². The fourth-order valence-corrected chi connectivity index (χ4v) is 3.26. The second-order valence-corrected chi connectivity index (χ2v) is 6.01. The average molecular weight is 282 g/mol. The predicted molar refractivity (Wildman–Crippen MR) is 74.5 cm³/mol. The van der Waals surface area contributed by atoms with Crippen LogP contribution in [0.5, 0.6) is 0 Å². The number of hydrogen-bond acceptors (Lipinski definition) is 4. The molecule has 1 amide bonds. The number of carbonyl (C=O) groups excluding carboxylic acids is 1. The van der Waals surface area contributed by atoms with E-state index in [9.17, 15) is 14.9 Å². The molecule has 0 saturated heterocycles. The lowest BCUT2D eigenvalue weighted by Crippen LogP contribution is -2.23. The normalized spacial score (nSPS) is 15.6. The van der Waals surface area contributed by atoms with Crippen LogP contribution >= 0.6 is 11.3 Å². The first-order valence-electron chi connectivity index (χ1n) is 6.69. The van der Waals surface area contributed by atoms with Crippen LogP contribution in [0.25, 0.3) is 0 Å². The number of nitrogens with one attached hydrogen (secondary N) is 1. The standard InChI is InChI=1S/C13H18N2O3S/c16-13(11-7-8-12(19-11)15(17)18)14-9-3-6-10-4-1-2-5-10/h7-8,10H,1-6,9H2,(H,14,16). The maximum atomic E-state index is 11.8. The summed E-state index contributed by atoms with van der Waals surface area (Å²) in [6, 6.07) is 2.88. The van der Waals surface area contributed by atoms with E-state index >= 15 is 0 Å². The molecular formula is C13H18N2O3S. The largest absolute Gasteiger partial charge is 0.351 e. The number of thiophene rings is 1. The Labute approximate surface area is 116 Å². The summed E-state index contributed by atoms with van der Waals surface area (Å²) in [4.78, 5) is 22.2. The van der Waals surface area contributed by atoms with Gasteiger partial charge in [0.05, 0.1) is 9.80 Å². The van der Waals surface area contributed by atoms with Gasteiger partial charge in [0, 0.05) is 12.6 Å². The van der Waals surface area contributed by atoms with Crippen LogP contribution in [0.2, 0.25) is 0 Å². The molecule has 0 unspecified atom stereocenters. The number of rotatable bonds is 6. The van der Waals surface area contributed by atoms with Gasteiger partial charge in [-0.3, -0.25) is 14.9 Å². The van der Waals surface area contributed by atoms with Crippen molar-refractivity contribution in [1.29, 1.82) is 0 Å². The van der Waals surface area contributed by atoms with Crippen LogP contribution in [-0.2, 0) is 0 Å². The summed E-state index contributed by atoms with van der Waals surface area (Å²) in [7, 11) is 0. The summed E-state index contributed by atoms with van der Waals surface area (Å²) in [5.74, 6) is 0.629. The average Bonchev–Trinajstić information content (AvgIpc) is 3.05. The lowest BCUT2D eigenvalue weighted by molar-refractivity contribution is -0.380. The molecule has 0 aliphatic heterocycles. The number of nitrogens with zero attached hydrogens (tertiary/aromatic N) is 1. The quantitative estimate of drug-likeness (QED) is 0.494. The maximum absolute atomic E-state index is 11.8. The van der Waals surface area contributed by atoms with E-state index in [1.165, 1.54) is 44.2 Å². The SMILES string of the molecule is O=C(NCCCC1CCCC1)c1ccc([N+](=O)[O-])s1. The van der Waals surface area contributed by atoms with Crippen molar-refractivity contribution in [2.45, 2.75) is 38.5 Å². The summed E-state index contributed by atoms with van der Waals surface area (Å²) in [6.45, 7) is 0.654. The third kappa shape index (κ3) is 4.02. The minimum Gasteiger partial charge on any atom is -0.351 e. The molecule has 1 aliphatic carbocycles. The van der Waals surface area contributed by atoms with Crippen molar-refractivity contribution in [3.63, 3.8) is 0 Å². The summed E-state index contributed by atoms with van der Waals surface area (Å²) in [5, 5.41) is 13.4. The highest BCUT2D eigenvalue weighted by atomic mass is 32.1. The van der Waals surface area contributed by atoms with Gasteiger partial charge in [-0.05, 0) is 24.8 Å². The fourth-order valence-electron chi connectivity index (χ4n) is 2.53. The van der Waals surface area contributed by atoms with Gasteiger partial charge in [0.2, 0.25) is 0 Å². The highest BCUT2D eigenvalue weighted by Gasteiger charge is 2.16. The Morgan fingerprint density at radius 1 is 1.42 bits per heavy atom. The monoisotopic (exact) mass is 282 g/mol. The van der Waals surface area contributed by atoms with Crippen LogP contribution in [0.4, 0.5) is 5.00 Å². The van der Waals surface area contributed by atoms with Gasteiger partial charge in [-0.15, -0.1) is 0 Å². The molecule has 1 N–H and O–H groups in total. The molecule has 1 aliphatic rings. The van der Waals surface area contributed by atoms with Gasteiger partial charge in [0.25, 0.3) is 5.91 Å². The Kier molecular flexibility index (Phi) is 4.90. The Bertz CT molecular complexity index is 452. The second-order valence-electron chi connectivity index (χ2n) is 4.94. The Morgan fingerprint density at radius 2 is 2.16 bits per heavy atom. The van der Waals surface area contributed by atoms with E-state index in [1.54, 1.807) is 0 Å². The smallest absolute Gasteiger partial charge is 0.324 e. The molecule has 0 atom stereocenters. The number of nitro groups is 1. The fraction of sp³-hybridized carbons (Fsp3) is 0.615. The van der Waals surface area contributed by atoms with Crippen molar-refractivity contribution >= 4 is 22.2 Å². The summed E-state index contributed by atoms with van der Waals surface area (Å²) >= 11 is 0.921. The molecule has 5 nitrogen and oxygen atoms in total. The minimum absolute atomic E-state index is 0.0103. The van der Waals surface area contributed by atoms with E-state index in [0.29, 0.717) is 11.4 Å².